The summed E-state index contributed by atoms with van der Waals surface area (Å²) in [5.41, 5.74) is 0. The molecule has 0 N–H and O–H groups in total. The average Bonchev–Trinajstić information content (AvgIpc) is 1.83. The van der Waals surface area contributed by atoms with E-state index in [-0.39, 0.29) is 0 Å². The number of rotatable bonds is 3. The Labute approximate surface area is 59.6 Å². The molecule has 0 aliphatic carbocycles. The molecule has 8 heavy (non-hydrogen) atoms. The van der Waals surface area contributed by atoms with Gasteiger partial charge in [0.15, 0.2) is 0 Å². The molecule has 0 spiro atoms. The molecule has 0 bridgehead atoms. The monoisotopic (exact) mass is 281 g/mol. The molecule has 0 aromatic carbocycles. The Kier molecular flexibility index (Phi) is 4.77. The van der Waals surface area contributed by atoms with Gasteiger partial charge in [0, 0.05) is 0 Å². The molecule has 1 amide bonds. The van der Waals surface area contributed by atoms with Crippen molar-refractivity contribution in [2.45, 2.75) is 0 Å². The van der Waals surface area contributed by atoms with Crippen LogP contribution in [0.3, 0.4) is 0 Å². The summed E-state index contributed by atoms with van der Waals surface area (Å²) in [5, 5.41) is 0. The zero-order chi connectivity index (χ0) is 6.41. The summed E-state index contributed by atoms with van der Waals surface area (Å²) >= 11 is 1.38. The molecule has 2 nitrogen and oxygen atoms in total. The summed E-state index contributed by atoms with van der Waals surface area (Å²) in [6.45, 7) is 0. The van der Waals surface area contributed by atoms with Crippen molar-refractivity contribution in [1.29, 1.82) is 0 Å². The standard InChI is InChI=1S/C5H7NO.W/c1-3-4-6(2)5-7;/h1,3-5H,2H3;/b4-3-;. The molecule has 0 radical (unpaired) electrons. The molecule has 3 heteroatoms. The first-order valence-electron chi connectivity index (χ1n) is 2.10. The number of hydrogen-bond acceptors (Lipinski definition) is 1. The number of nitrogens with zero attached hydrogens (tertiary/aromatic N) is 1. The van der Waals surface area contributed by atoms with Crippen molar-refractivity contribution in [3.05, 3.63) is 12.3 Å². The second-order valence-electron chi connectivity index (χ2n) is 1.25. The summed E-state index contributed by atoms with van der Waals surface area (Å²) in [5.74, 6) is 0. The Morgan fingerprint density at radius 3 is 2.62 bits per heavy atom. The van der Waals surface area contributed by atoms with Crippen LogP contribution in [0.1, 0.15) is 0 Å². The fraction of sp³-hybridized carbons (Fsp3) is 0.200. The Balaban J connectivity index is 3.50. The fourth-order valence-electron chi connectivity index (χ4n) is 0.206. The summed E-state index contributed by atoms with van der Waals surface area (Å²) < 4.78 is 1.94. The Morgan fingerprint density at radius 1 is 1.62 bits per heavy atom. The van der Waals surface area contributed by atoms with Gasteiger partial charge in [-0.2, -0.15) is 0 Å². The topological polar surface area (TPSA) is 20.3 Å². The Hall–Kier alpha value is -0.232. The molecule has 0 aliphatic rings. The van der Waals surface area contributed by atoms with Gasteiger partial charge in [-0.3, -0.25) is 0 Å². The van der Waals surface area contributed by atoms with Crippen LogP contribution in [-0.2, 0) is 24.1 Å². The van der Waals surface area contributed by atoms with Gasteiger partial charge in [-0.25, -0.2) is 0 Å². The second kappa shape index (κ2) is 4.92. The summed E-state index contributed by atoms with van der Waals surface area (Å²) in [4.78, 5) is 11.3. The van der Waals surface area contributed by atoms with E-state index in [0.29, 0.717) is 0 Å². The Bertz CT molecular complexity index is 111. The molecule has 0 aliphatic heterocycles. The molecule has 0 saturated heterocycles. The van der Waals surface area contributed by atoms with Crippen molar-refractivity contribution in [1.82, 2.24) is 4.90 Å². The average molecular weight is 281 g/mol. The maximum atomic E-state index is 9.88. The summed E-state index contributed by atoms with van der Waals surface area (Å²) in [6.07, 6.45) is 4.30. The van der Waals surface area contributed by atoms with Crippen molar-refractivity contribution >= 4 is 10.8 Å². The first-order valence-corrected chi connectivity index (χ1v) is 3.80. The predicted molar refractivity (Wildman–Crippen MR) is 29.0 cm³/mol. The minimum absolute atomic E-state index is 0.759. The third kappa shape index (κ3) is 3.94. The molecule has 0 rings (SSSR count). The van der Waals surface area contributed by atoms with Gasteiger partial charge in [0.05, 0.1) is 0 Å². The van der Waals surface area contributed by atoms with Gasteiger partial charge in [-0.15, -0.1) is 0 Å². The van der Waals surface area contributed by atoms with E-state index in [1.54, 1.807) is 13.2 Å². The predicted octanol–water partition coefficient (Wildman–Crippen LogP) is -0.0627. The molecule has 0 unspecified atom stereocenters. The fourth-order valence-corrected chi connectivity index (χ4v) is 0.458. The van der Waals surface area contributed by atoms with Crippen LogP contribution in [0, 0.1) is 0 Å². The van der Waals surface area contributed by atoms with E-state index in [2.05, 4.69) is 0 Å². The van der Waals surface area contributed by atoms with Gasteiger partial charge in [0.25, 0.3) is 0 Å². The van der Waals surface area contributed by atoms with Crippen LogP contribution in [-0.4, -0.2) is 22.8 Å². The molecule has 0 aromatic heterocycles. The molecular weight excluding hydrogens is 274 g/mol. The summed E-state index contributed by atoms with van der Waals surface area (Å²) in [7, 11) is 1.70. The minimum atomic E-state index is 0.759. The van der Waals surface area contributed by atoms with Crippen LogP contribution >= 0.6 is 0 Å². The molecule has 44 valence electrons. The number of carbonyl (C=O) groups is 1. The molecule has 0 atom stereocenters. The third-order valence-electron chi connectivity index (χ3n) is 0.566. The van der Waals surface area contributed by atoms with E-state index in [4.69, 9.17) is 0 Å². The van der Waals surface area contributed by atoms with E-state index in [1.807, 2.05) is 10.5 Å². The van der Waals surface area contributed by atoms with Crippen molar-refractivity contribution < 1.29 is 24.1 Å². The normalized spacial score (nSPS) is 9.12. The van der Waals surface area contributed by atoms with Crippen molar-refractivity contribution in [2.75, 3.05) is 7.05 Å². The van der Waals surface area contributed by atoms with Crippen LogP contribution in [0.25, 0.3) is 0 Å². The quantitative estimate of drug-likeness (QED) is 0.664. The van der Waals surface area contributed by atoms with Crippen LogP contribution in [0.2, 0.25) is 0 Å². The summed E-state index contributed by atoms with van der Waals surface area (Å²) in [6, 6.07) is 0. The first kappa shape index (κ1) is 7.77. The number of hydrogen-bond donors (Lipinski definition) is 0. The van der Waals surface area contributed by atoms with Crippen LogP contribution in [0.15, 0.2) is 12.3 Å². The first-order chi connectivity index (χ1) is 3.81. The number of carbonyl (C=O) groups excluding carboxylic acids is 1. The van der Waals surface area contributed by atoms with E-state index in [9.17, 15) is 4.79 Å². The number of amides is 1. The van der Waals surface area contributed by atoms with Gasteiger partial charge in [0.2, 0.25) is 0 Å². The van der Waals surface area contributed by atoms with Gasteiger partial charge in [-0.1, -0.05) is 0 Å². The van der Waals surface area contributed by atoms with E-state index in [1.165, 1.54) is 24.3 Å². The second-order valence-corrected chi connectivity index (χ2v) is 2.23. The molecule has 0 aromatic rings. The van der Waals surface area contributed by atoms with Gasteiger partial charge < -0.3 is 0 Å². The Morgan fingerprint density at radius 2 is 2.25 bits per heavy atom. The van der Waals surface area contributed by atoms with Crippen LogP contribution < -0.4 is 0 Å². The molecule has 0 heterocycles. The zero-order valence-electron chi connectivity index (χ0n) is 4.57. The van der Waals surface area contributed by atoms with Gasteiger partial charge >= 0.3 is 59.2 Å². The SMILES string of the molecule is CN(C=O)/C=C\[CH]=[W]. The van der Waals surface area contributed by atoms with E-state index < -0.39 is 0 Å². The zero-order valence-corrected chi connectivity index (χ0v) is 7.51. The van der Waals surface area contributed by atoms with Crippen molar-refractivity contribution in [2.24, 2.45) is 0 Å². The van der Waals surface area contributed by atoms with Crippen molar-refractivity contribution in [3.8, 4) is 0 Å². The number of allylic oxidation sites excluding steroid dienone is 1. The molecule has 0 fully saturated rings. The van der Waals surface area contributed by atoms with Crippen LogP contribution in [0.5, 0.6) is 0 Å². The molecular formula is C5H7NOW. The van der Waals surface area contributed by atoms with E-state index >= 15 is 0 Å². The molecule has 0 saturated carbocycles. The van der Waals surface area contributed by atoms with Crippen LogP contribution in [0.4, 0.5) is 0 Å². The maximum absolute atomic E-state index is 9.88. The van der Waals surface area contributed by atoms with Crippen molar-refractivity contribution in [3.63, 3.8) is 0 Å². The van der Waals surface area contributed by atoms with Gasteiger partial charge in [-0.05, 0) is 0 Å². The van der Waals surface area contributed by atoms with Gasteiger partial charge in [0.1, 0.15) is 0 Å². The van der Waals surface area contributed by atoms with E-state index in [0.717, 1.165) is 6.41 Å². The third-order valence-corrected chi connectivity index (χ3v) is 1.13.